The molecule has 0 atom stereocenters. The van der Waals surface area contributed by atoms with Crippen molar-refractivity contribution in [3.63, 3.8) is 0 Å². The zero-order valence-corrected chi connectivity index (χ0v) is 16.1. The van der Waals surface area contributed by atoms with Gasteiger partial charge >= 0.3 is 5.97 Å². The van der Waals surface area contributed by atoms with Gasteiger partial charge in [-0.1, -0.05) is 0 Å². The molecule has 4 aromatic rings. The number of aromatic amines is 1. The zero-order chi connectivity index (χ0) is 18.5. The summed E-state index contributed by atoms with van der Waals surface area (Å²) in [6.45, 7) is 1.05. The molecule has 1 aliphatic rings. The van der Waals surface area contributed by atoms with Crippen molar-refractivity contribution in [3.05, 3.63) is 41.3 Å². The van der Waals surface area contributed by atoms with Crippen LogP contribution in [0.15, 0.2) is 35.7 Å². The van der Waals surface area contributed by atoms with Crippen LogP contribution in [0.25, 0.3) is 32.5 Å². The fourth-order valence-electron chi connectivity index (χ4n) is 3.68. The van der Waals surface area contributed by atoms with E-state index in [0.29, 0.717) is 11.3 Å². The van der Waals surface area contributed by atoms with Crippen molar-refractivity contribution in [1.82, 2.24) is 9.55 Å². The van der Waals surface area contributed by atoms with Gasteiger partial charge in [-0.05, 0) is 54.5 Å². The number of H-pyrrole nitrogens is 1. The van der Waals surface area contributed by atoms with E-state index in [-0.39, 0.29) is 5.97 Å². The van der Waals surface area contributed by atoms with E-state index in [1.807, 2.05) is 6.07 Å². The molecule has 1 saturated carbocycles. The van der Waals surface area contributed by atoms with Gasteiger partial charge in [0.05, 0.1) is 36.7 Å². The summed E-state index contributed by atoms with van der Waals surface area (Å²) in [7, 11) is 3.00. The minimum absolute atomic E-state index is 0.365. The lowest BCUT2D eigenvalue weighted by Crippen LogP contribution is -2.01. The van der Waals surface area contributed by atoms with Gasteiger partial charge in [0.25, 0.3) is 0 Å². The number of nitrogens with one attached hydrogen (secondary N) is 1. The highest BCUT2D eigenvalue weighted by molar-refractivity contribution is 7.16. The number of nitrogens with zero attached hydrogens (tertiary/aromatic N) is 1. The molecule has 0 radical (unpaired) electrons. The number of aromatic nitrogens is 2. The molecule has 0 amide bonds. The van der Waals surface area contributed by atoms with Crippen LogP contribution in [0.2, 0.25) is 0 Å². The second kappa shape index (κ2) is 6.16. The summed E-state index contributed by atoms with van der Waals surface area (Å²) in [6, 6.07) is 10.1. The van der Waals surface area contributed by atoms with E-state index >= 15 is 0 Å². The third-order valence-electron chi connectivity index (χ3n) is 5.25. The molecule has 5 rings (SSSR count). The number of carbonyl (C=O) groups is 1. The van der Waals surface area contributed by atoms with E-state index in [4.69, 9.17) is 9.47 Å². The summed E-state index contributed by atoms with van der Waals surface area (Å²) in [6.07, 6.45) is 2.63. The number of thiophene rings is 1. The van der Waals surface area contributed by atoms with E-state index in [1.165, 1.54) is 35.9 Å². The number of benzene rings is 1. The summed E-state index contributed by atoms with van der Waals surface area (Å²) in [5, 5.41) is 4.36. The summed E-state index contributed by atoms with van der Waals surface area (Å²) in [5.74, 6) is 1.06. The van der Waals surface area contributed by atoms with Crippen molar-refractivity contribution < 1.29 is 14.3 Å². The van der Waals surface area contributed by atoms with Crippen molar-refractivity contribution in [2.24, 2.45) is 5.92 Å². The van der Waals surface area contributed by atoms with Crippen molar-refractivity contribution in [1.29, 1.82) is 0 Å². The predicted octanol–water partition coefficient (Wildman–Crippen LogP) is 5.06. The fourth-order valence-corrected chi connectivity index (χ4v) is 4.59. The van der Waals surface area contributed by atoms with Gasteiger partial charge in [-0.25, -0.2) is 4.79 Å². The number of esters is 1. The van der Waals surface area contributed by atoms with Crippen molar-refractivity contribution in [3.8, 4) is 17.1 Å². The Bertz CT molecular complexity index is 1160. The molecule has 0 unspecified atom stereocenters. The predicted molar refractivity (Wildman–Crippen MR) is 108 cm³/mol. The van der Waals surface area contributed by atoms with E-state index in [1.54, 1.807) is 24.5 Å². The first-order valence-corrected chi connectivity index (χ1v) is 9.92. The molecule has 27 heavy (non-hydrogen) atoms. The summed E-state index contributed by atoms with van der Waals surface area (Å²) in [4.78, 5) is 16.8. The Kier molecular flexibility index (Phi) is 3.75. The van der Waals surface area contributed by atoms with Crippen LogP contribution in [-0.2, 0) is 11.3 Å². The molecule has 1 aliphatic carbocycles. The van der Waals surface area contributed by atoms with Crippen LogP contribution in [0.3, 0.4) is 0 Å². The van der Waals surface area contributed by atoms with Crippen LogP contribution in [0.5, 0.6) is 5.75 Å². The molecule has 0 saturated heterocycles. The molecule has 1 aromatic carbocycles. The highest BCUT2D eigenvalue weighted by Crippen LogP contribution is 2.39. The number of hydrogen-bond donors (Lipinski definition) is 1. The molecule has 138 valence electrons. The fraction of sp³-hybridized carbons (Fsp3) is 0.286. The summed E-state index contributed by atoms with van der Waals surface area (Å²) >= 11 is 1.79. The maximum absolute atomic E-state index is 12.0. The third kappa shape index (κ3) is 2.72. The number of methoxy groups -OCH3 is 2. The van der Waals surface area contributed by atoms with Crippen LogP contribution in [-0.4, -0.2) is 29.7 Å². The van der Waals surface area contributed by atoms with E-state index in [9.17, 15) is 4.79 Å². The van der Waals surface area contributed by atoms with Crippen molar-refractivity contribution >= 4 is 38.4 Å². The molecule has 6 heteroatoms. The van der Waals surface area contributed by atoms with Gasteiger partial charge in [-0.2, -0.15) is 0 Å². The van der Waals surface area contributed by atoms with E-state index in [2.05, 4.69) is 33.1 Å². The van der Waals surface area contributed by atoms with Gasteiger partial charge in [-0.3, -0.25) is 0 Å². The van der Waals surface area contributed by atoms with Crippen molar-refractivity contribution in [2.45, 2.75) is 19.4 Å². The molecule has 1 fully saturated rings. The highest BCUT2D eigenvalue weighted by Gasteiger charge is 2.25. The lowest BCUT2D eigenvalue weighted by Gasteiger charge is -2.08. The van der Waals surface area contributed by atoms with Gasteiger partial charge in [-0.15, -0.1) is 11.3 Å². The van der Waals surface area contributed by atoms with Gasteiger partial charge in [0.15, 0.2) is 0 Å². The summed E-state index contributed by atoms with van der Waals surface area (Å²) in [5.41, 5.74) is 3.60. The lowest BCUT2D eigenvalue weighted by atomic mass is 10.1. The first-order valence-electron chi connectivity index (χ1n) is 9.04. The Labute approximate surface area is 160 Å². The minimum atomic E-state index is -0.365. The van der Waals surface area contributed by atoms with Crippen LogP contribution >= 0.6 is 11.3 Å². The average Bonchev–Trinajstić information content (AvgIpc) is 3.07. The average molecular weight is 380 g/mol. The molecule has 1 N–H and O–H groups in total. The number of rotatable bonds is 5. The van der Waals surface area contributed by atoms with Crippen LogP contribution in [0.4, 0.5) is 0 Å². The summed E-state index contributed by atoms with van der Waals surface area (Å²) < 4.78 is 12.8. The van der Waals surface area contributed by atoms with Gasteiger partial charge in [0.2, 0.25) is 0 Å². The minimum Gasteiger partial charge on any atom is -0.495 e. The Morgan fingerprint density at radius 1 is 1.22 bits per heavy atom. The Balaban J connectivity index is 1.68. The van der Waals surface area contributed by atoms with E-state index in [0.717, 1.165) is 29.1 Å². The maximum Gasteiger partial charge on any atom is 0.338 e. The molecule has 0 aliphatic heterocycles. The van der Waals surface area contributed by atoms with Gasteiger partial charge in [0, 0.05) is 17.3 Å². The smallest absolute Gasteiger partial charge is 0.338 e. The number of carbonyl (C=O) groups excluding carboxylic acids is 1. The zero-order valence-electron chi connectivity index (χ0n) is 15.2. The number of fused-ring (bicyclic) bond motifs is 2. The Morgan fingerprint density at radius 3 is 2.81 bits per heavy atom. The second-order valence-corrected chi connectivity index (χ2v) is 7.98. The first kappa shape index (κ1) is 16.4. The Hall–Kier alpha value is -2.73. The lowest BCUT2D eigenvalue weighted by molar-refractivity contribution is 0.0600. The SMILES string of the molecule is COC(=O)c1cc(OC)c2[nH]c(-c3cc4ccsc4n3CC3CC3)cc2c1. The largest absolute Gasteiger partial charge is 0.495 e. The number of ether oxygens (including phenoxy) is 2. The van der Waals surface area contributed by atoms with Crippen LogP contribution < -0.4 is 4.74 Å². The number of hydrogen-bond acceptors (Lipinski definition) is 4. The molecule has 0 spiro atoms. The molecular formula is C21H20N2O3S. The molecular weight excluding hydrogens is 360 g/mol. The van der Waals surface area contributed by atoms with Crippen LogP contribution in [0, 0.1) is 5.92 Å². The normalized spacial score (nSPS) is 14.1. The van der Waals surface area contributed by atoms with E-state index < -0.39 is 0 Å². The monoisotopic (exact) mass is 380 g/mol. The third-order valence-corrected chi connectivity index (χ3v) is 6.20. The topological polar surface area (TPSA) is 56.2 Å². The van der Waals surface area contributed by atoms with Crippen LogP contribution in [0.1, 0.15) is 23.2 Å². The second-order valence-electron chi connectivity index (χ2n) is 7.08. The quantitative estimate of drug-likeness (QED) is 0.493. The molecule has 3 aromatic heterocycles. The first-order chi connectivity index (χ1) is 13.2. The molecule has 0 bridgehead atoms. The molecule has 5 nitrogen and oxygen atoms in total. The van der Waals surface area contributed by atoms with Gasteiger partial charge < -0.3 is 19.0 Å². The Morgan fingerprint density at radius 2 is 2.07 bits per heavy atom. The van der Waals surface area contributed by atoms with Gasteiger partial charge in [0.1, 0.15) is 10.6 Å². The highest BCUT2D eigenvalue weighted by atomic mass is 32.1. The van der Waals surface area contributed by atoms with Crippen molar-refractivity contribution in [2.75, 3.05) is 14.2 Å². The standard InChI is InChI=1S/C21H20N2O3S/c1-25-18-10-15(21(24)26-2)7-14-8-16(22-19(14)18)17-9-13-5-6-27-20(13)23(17)11-12-3-4-12/h5-10,12,22H,3-4,11H2,1-2H3. The molecule has 3 heterocycles. The maximum atomic E-state index is 12.0.